The van der Waals surface area contributed by atoms with E-state index in [1.54, 1.807) is 12.2 Å². The molecule has 2 atom stereocenters. The second-order valence-electron chi connectivity index (χ2n) is 8.07. The third-order valence-corrected chi connectivity index (χ3v) is 7.69. The van der Waals surface area contributed by atoms with Gasteiger partial charge in [0.05, 0.1) is 0 Å². The minimum absolute atomic E-state index is 0.224. The van der Waals surface area contributed by atoms with Gasteiger partial charge in [0.25, 0.3) is 0 Å². The van der Waals surface area contributed by atoms with E-state index in [0.29, 0.717) is 6.42 Å². The third kappa shape index (κ3) is 4.15. The van der Waals surface area contributed by atoms with Gasteiger partial charge >= 0.3 is 7.60 Å². The zero-order valence-corrected chi connectivity index (χ0v) is 17.6. The highest BCUT2D eigenvalue weighted by atomic mass is 31.2. The number of hydrogen-bond donors (Lipinski definition) is 2. The molecule has 154 valence electrons. The molecule has 0 amide bonds. The number of aromatic nitrogens is 1. The Morgan fingerprint density at radius 1 is 1.00 bits per heavy atom. The lowest BCUT2D eigenvalue weighted by Gasteiger charge is -2.33. The van der Waals surface area contributed by atoms with Crippen molar-refractivity contribution >= 4 is 13.8 Å². The van der Waals surface area contributed by atoms with Crippen LogP contribution in [-0.2, 0) is 16.4 Å². The molecule has 1 aromatic heterocycles. The zero-order valence-electron chi connectivity index (χ0n) is 16.7. The van der Waals surface area contributed by atoms with Crippen LogP contribution in [-0.4, -0.2) is 37.3 Å². The van der Waals surface area contributed by atoms with E-state index in [1.165, 1.54) is 11.1 Å². The Balaban J connectivity index is 1.63. The van der Waals surface area contributed by atoms with Crippen molar-refractivity contribution in [3.05, 3.63) is 103 Å². The Labute approximate surface area is 177 Å². The Kier molecular flexibility index (Phi) is 5.70. The van der Waals surface area contributed by atoms with E-state index in [-0.39, 0.29) is 12.0 Å². The lowest BCUT2D eigenvalue weighted by Crippen LogP contribution is -2.39. The van der Waals surface area contributed by atoms with Gasteiger partial charge in [0.15, 0.2) is 17.9 Å². The van der Waals surface area contributed by atoms with Gasteiger partial charge in [0, 0.05) is 24.2 Å². The third-order valence-electron chi connectivity index (χ3n) is 6.05. The molecule has 0 bridgehead atoms. The number of hydrogen-bond acceptors (Lipinski definition) is 2. The molecular weight excluding hydrogens is 395 g/mol. The van der Waals surface area contributed by atoms with Gasteiger partial charge in [-0.05, 0) is 42.2 Å². The van der Waals surface area contributed by atoms with Crippen LogP contribution in [0.4, 0.5) is 0 Å². The van der Waals surface area contributed by atoms with Crippen molar-refractivity contribution in [2.45, 2.75) is 29.8 Å². The van der Waals surface area contributed by atoms with E-state index in [4.69, 9.17) is 0 Å². The minimum Gasteiger partial charge on any atom is -0.324 e. The second-order valence-corrected chi connectivity index (χ2v) is 10.0. The van der Waals surface area contributed by atoms with Crippen LogP contribution in [0.25, 0.3) is 0 Å². The van der Waals surface area contributed by atoms with E-state index >= 15 is 0 Å². The summed E-state index contributed by atoms with van der Waals surface area (Å²) in [5.41, 5.74) is 2.20. The summed E-state index contributed by atoms with van der Waals surface area (Å²) in [7, 11) is -4.33. The van der Waals surface area contributed by atoms with Crippen molar-refractivity contribution in [1.29, 1.82) is 0 Å². The lowest BCUT2D eigenvalue weighted by molar-refractivity contribution is -0.460. The maximum Gasteiger partial charge on any atom is 0.342 e. The summed E-state index contributed by atoms with van der Waals surface area (Å²) >= 11 is 0. The van der Waals surface area contributed by atoms with Gasteiger partial charge in [0.1, 0.15) is 6.21 Å². The monoisotopic (exact) mass is 421 g/mol. The van der Waals surface area contributed by atoms with Crippen LogP contribution in [0.5, 0.6) is 0 Å². The molecule has 0 radical (unpaired) electrons. The summed E-state index contributed by atoms with van der Waals surface area (Å²) in [4.78, 5) is 24.3. The van der Waals surface area contributed by atoms with E-state index in [1.807, 2.05) is 65.7 Å². The zero-order chi connectivity index (χ0) is 21.1. The van der Waals surface area contributed by atoms with Crippen molar-refractivity contribution in [2.75, 3.05) is 6.54 Å². The summed E-state index contributed by atoms with van der Waals surface area (Å²) in [6.07, 6.45) is 18.8. The summed E-state index contributed by atoms with van der Waals surface area (Å²) in [5.74, 6) is 0. The fourth-order valence-electron chi connectivity index (χ4n) is 4.25. The molecule has 0 fully saturated rings. The standard InChI is InChI=1S/C24H25N2O3P/c27-30(28,29)24(11-5-2-6-12-24)20-26-17-13-23(14-18-26,22-9-15-25-16-10-22)19-21-7-3-1-4-8-21/h1-11,13,15-18H,12,14,19-20H2,(H-,27,28,29)/p+1. The molecule has 0 saturated carbocycles. The highest BCUT2D eigenvalue weighted by Gasteiger charge is 2.48. The molecule has 1 aliphatic carbocycles. The van der Waals surface area contributed by atoms with Crippen LogP contribution in [0.1, 0.15) is 24.0 Å². The van der Waals surface area contributed by atoms with E-state index in [0.717, 1.165) is 12.8 Å². The largest absolute Gasteiger partial charge is 0.342 e. The van der Waals surface area contributed by atoms with Crippen molar-refractivity contribution in [1.82, 2.24) is 4.98 Å². The van der Waals surface area contributed by atoms with Gasteiger partial charge in [-0.1, -0.05) is 54.6 Å². The van der Waals surface area contributed by atoms with Gasteiger partial charge in [0.2, 0.25) is 0 Å². The van der Waals surface area contributed by atoms with Gasteiger partial charge in [-0.25, -0.2) is 4.58 Å². The molecule has 2 heterocycles. The fraction of sp³-hybridized carbons (Fsp3) is 0.250. The van der Waals surface area contributed by atoms with Crippen molar-refractivity contribution in [3.63, 3.8) is 0 Å². The first-order chi connectivity index (χ1) is 14.4. The van der Waals surface area contributed by atoms with Gasteiger partial charge in [-0.2, -0.15) is 0 Å². The molecule has 0 saturated heterocycles. The molecule has 5 nitrogen and oxygen atoms in total. The SMILES string of the molecule is O=P(O)(O)C1(C[N+]2=CCC(Cc3ccccc3)(c3ccncc3)C=C2)C=CC=CC1. The predicted molar refractivity (Wildman–Crippen MR) is 119 cm³/mol. The van der Waals surface area contributed by atoms with Gasteiger partial charge < -0.3 is 9.79 Å². The molecule has 1 aliphatic heterocycles. The quantitative estimate of drug-likeness (QED) is 0.546. The predicted octanol–water partition coefficient (Wildman–Crippen LogP) is 4.00. The molecule has 1 aromatic carbocycles. The van der Waals surface area contributed by atoms with E-state index in [9.17, 15) is 14.4 Å². The van der Waals surface area contributed by atoms with Crippen LogP contribution in [0.3, 0.4) is 0 Å². The maximum atomic E-state index is 12.3. The first-order valence-electron chi connectivity index (χ1n) is 10.1. The molecule has 6 heteroatoms. The number of benzene rings is 1. The molecule has 4 rings (SSSR count). The molecule has 2 N–H and O–H groups in total. The summed E-state index contributed by atoms with van der Waals surface area (Å²) in [6.45, 7) is 0.242. The van der Waals surface area contributed by atoms with Crippen LogP contribution in [0.15, 0.2) is 91.4 Å². The van der Waals surface area contributed by atoms with Crippen molar-refractivity contribution < 1.29 is 18.9 Å². The van der Waals surface area contributed by atoms with E-state index in [2.05, 4.69) is 29.4 Å². The summed E-state index contributed by atoms with van der Waals surface area (Å²) < 4.78 is 14.2. The molecule has 30 heavy (non-hydrogen) atoms. The number of allylic oxidation sites excluding steroid dienone is 4. The average Bonchev–Trinajstić information content (AvgIpc) is 2.76. The molecule has 2 unspecified atom stereocenters. The van der Waals surface area contributed by atoms with Gasteiger partial charge in [-0.3, -0.25) is 9.55 Å². The molecule has 2 aliphatic rings. The topological polar surface area (TPSA) is 73.4 Å². The number of pyridine rings is 1. The summed E-state index contributed by atoms with van der Waals surface area (Å²) in [5, 5.41) is -1.20. The van der Waals surface area contributed by atoms with Crippen LogP contribution >= 0.6 is 7.60 Å². The maximum absolute atomic E-state index is 12.3. The molecule has 0 spiro atoms. The Morgan fingerprint density at radius 3 is 2.37 bits per heavy atom. The Hall–Kier alpha value is -2.59. The van der Waals surface area contributed by atoms with Crippen molar-refractivity contribution in [2.24, 2.45) is 0 Å². The number of nitrogens with zero attached hydrogens (tertiary/aromatic N) is 2. The van der Waals surface area contributed by atoms with E-state index < -0.39 is 12.8 Å². The number of rotatable bonds is 6. The Bertz CT molecular complexity index is 1060. The van der Waals surface area contributed by atoms with Crippen molar-refractivity contribution in [3.8, 4) is 0 Å². The highest BCUT2D eigenvalue weighted by Crippen LogP contribution is 2.54. The second kappa shape index (κ2) is 8.27. The lowest BCUT2D eigenvalue weighted by atomic mass is 9.73. The first kappa shape index (κ1) is 20.7. The molecule has 2 aromatic rings. The smallest absolute Gasteiger partial charge is 0.324 e. The van der Waals surface area contributed by atoms with Crippen LogP contribution in [0, 0.1) is 0 Å². The first-order valence-corrected chi connectivity index (χ1v) is 11.7. The summed E-state index contributed by atoms with van der Waals surface area (Å²) in [6, 6.07) is 14.5. The highest BCUT2D eigenvalue weighted by molar-refractivity contribution is 7.53. The Morgan fingerprint density at radius 2 is 1.77 bits per heavy atom. The minimum atomic E-state index is -4.33. The normalized spacial score (nSPS) is 25.9. The van der Waals surface area contributed by atoms with Gasteiger partial charge in [-0.15, -0.1) is 0 Å². The fourth-order valence-corrected chi connectivity index (χ4v) is 5.22. The van der Waals surface area contributed by atoms with Crippen LogP contribution < -0.4 is 0 Å². The molecular formula is C24H26N2O3P+. The van der Waals surface area contributed by atoms with Crippen LogP contribution in [0.2, 0.25) is 0 Å². The average molecular weight is 421 g/mol.